The number of nitrogens with zero attached hydrogens (tertiary/aromatic N) is 12. The molecule has 0 fully saturated rings. The van der Waals surface area contributed by atoms with Gasteiger partial charge in [0, 0.05) is 37.5 Å². The van der Waals surface area contributed by atoms with Crippen molar-refractivity contribution in [1.29, 1.82) is 0 Å². The second kappa shape index (κ2) is 49.3. The number of thiophene rings is 5. The minimum absolute atomic E-state index is 0.0357. The summed E-state index contributed by atoms with van der Waals surface area (Å²) in [6.07, 6.45) is 1.88. The van der Waals surface area contributed by atoms with Crippen molar-refractivity contribution in [2.45, 2.75) is 123 Å². The maximum atomic E-state index is 12.4. The van der Waals surface area contributed by atoms with Gasteiger partial charge in [0.2, 0.25) is 0 Å². The van der Waals surface area contributed by atoms with Crippen molar-refractivity contribution in [2.24, 2.45) is 0 Å². The predicted molar refractivity (Wildman–Crippen MR) is 549 cm³/mol. The predicted octanol–water partition coefficient (Wildman–Crippen LogP) is 25.3. The van der Waals surface area contributed by atoms with E-state index in [1.54, 1.807) is 87.0 Å². The topological polar surface area (TPSA) is 227 Å². The molecule has 15 rings (SSSR count). The van der Waals surface area contributed by atoms with E-state index in [0.717, 1.165) is 102 Å². The Bertz CT molecular complexity index is 6520. The van der Waals surface area contributed by atoms with Gasteiger partial charge in [-0.1, -0.05) is 221 Å². The van der Waals surface area contributed by atoms with Crippen molar-refractivity contribution in [2.75, 3.05) is 79.4 Å². The standard InChI is InChI=1S/C23H28ClN3O2S.C21H24ClN3O2S.C19H19ClN2O2S2.C19H19ClN2O2S.C18H17ClN2O2S/c1-5-26(6-2)12-13-29-21(28)15-27-23(22(24)17(4)25-27)20-11-10-19(30-20)18-9-7-8-16(3)14-18;1-14-6-5-7-16(12-14)17-8-9-18(28-17)21-20(22)15(2)23-25(21)13-19(26)27-11-10-24(3)4;1-12-5-4-6-14(9-12)15-7-8-16(26-15)19-18(20)13(2)21-22(19)10-17(23)24-11-25-3;1-4-24-17(23)11-22-19(18(20)13(3)21-22)16-9-8-15(25-16)14-7-5-6-12(2)10-14;1-11-5-4-6-13(9-11)14-7-8-15(24-14)18-17(19)12(2)20-21(18)10-16(22)23-3/h7-11,14H,5-6,12-13,15H2,1-4H3;5-9,12H,10-11,13H2,1-4H3;4-9H,10-11H2,1-3H3;5-10H,4,11H2,1-3H3;4-9H,10H2,1-3H3. The second-order valence-corrected chi connectivity index (χ2v) is 39.4. The zero-order valence-electron chi connectivity index (χ0n) is 77.3. The highest BCUT2D eigenvalue weighted by molar-refractivity contribution is 7.98. The third-order valence-electron chi connectivity index (χ3n) is 20.6. The number of ether oxygens (including phenoxy) is 5. The quantitative estimate of drug-likeness (QED) is 0.0223. The van der Waals surface area contributed by atoms with Gasteiger partial charge in [-0.15, -0.1) is 68.4 Å². The summed E-state index contributed by atoms with van der Waals surface area (Å²) < 4.78 is 33.8. The molecule has 0 aliphatic rings. The van der Waals surface area contributed by atoms with Crippen LogP contribution < -0.4 is 0 Å². The summed E-state index contributed by atoms with van der Waals surface area (Å²) in [6.45, 7) is 30.1. The molecule has 0 radical (unpaired) electrons. The Hall–Kier alpha value is -10.3. The molecule has 5 aromatic carbocycles. The molecule has 33 heteroatoms. The van der Waals surface area contributed by atoms with E-state index in [-0.39, 0.29) is 62.6 Å². The van der Waals surface area contributed by atoms with Crippen LogP contribution in [-0.2, 0) is 80.4 Å². The lowest BCUT2D eigenvalue weighted by Crippen LogP contribution is -2.28. The molecule has 0 bridgehead atoms. The summed E-state index contributed by atoms with van der Waals surface area (Å²) in [5.74, 6) is -1.30. The molecule has 0 aliphatic carbocycles. The van der Waals surface area contributed by atoms with Gasteiger partial charge in [0.15, 0.2) is 0 Å². The van der Waals surface area contributed by atoms with Gasteiger partial charge in [-0.05, 0) is 198 Å². The van der Waals surface area contributed by atoms with Crippen LogP contribution in [0.15, 0.2) is 182 Å². The van der Waals surface area contributed by atoms with Gasteiger partial charge in [-0.3, -0.25) is 47.4 Å². The Balaban J connectivity index is 0.000000160. The van der Waals surface area contributed by atoms with E-state index < -0.39 is 0 Å². The molecule has 10 heterocycles. The van der Waals surface area contributed by atoms with E-state index in [4.69, 9.17) is 81.7 Å². The van der Waals surface area contributed by atoms with E-state index >= 15 is 0 Å². The van der Waals surface area contributed by atoms with E-state index in [9.17, 15) is 24.0 Å². The van der Waals surface area contributed by atoms with Crippen LogP contribution in [0.25, 0.3) is 105 Å². The molecule has 22 nitrogen and oxygen atoms in total. The van der Waals surface area contributed by atoms with Crippen LogP contribution >= 0.6 is 126 Å². The van der Waals surface area contributed by atoms with Gasteiger partial charge < -0.3 is 33.5 Å². The van der Waals surface area contributed by atoms with Crippen molar-refractivity contribution < 1.29 is 47.7 Å². The van der Waals surface area contributed by atoms with Crippen molar-refractivity contribution in [3.05, 3.63) is 263 Å². The summed E-state index contributed by atoms with van der Waals surface area (Å²) in [7, 11) is 5.23. The lowest BCUT2D eigenvalue weighted by Gasteiger charge is -2.17. The molecule has 0 atom stereocenters. The maximum Gasteiger partial charge on any atom is 0.328 e. The number of carbonyl (C=O) groups excluding carboxylic acids is 5. The van der Waals surface area contributed by atoms with Crippen molar-refractivity contribution in [1.82, 2.24) is 58.7 Å². The largest absolute Gasteiger partial charge is 0.468 e. The average molecular weight is 2010 g/mol. The van der Waals surface area contributed by atoms with E-state index in [2.05, 4.69) is 212 Å². The summed E-state index contributed by atoms with van der Waals surface area (Å²) in [5.41, 5.74) is 19.2. The van der Waals surface area contributed by atoms with Gasteiger partial charge >= 0.3 is 29.8 Å². The minimum atomic E-state index is -0.356. The molecule has 698 valence electrons. The monoisotopic (exact) mass is 2000 g/mol. The molecule has 133 heavy (non-hydrogen) atoms. The van der Waals surface area contributed by atoms with Crippen LogP contribution in [0.3, 0.4) is 0 Å². The van der Waals surface area contributed by atoms with E-state index in [1.807, 2.05) is 108 Å². The fourth-order valence-electron chi connectivity index (χ4n) is 14.0. The highest BCUT2D eigenvalue weighted by Gasteiger charge is 2.27. The number of benzene rings is 5. The lowest BCUT2D eigenvalue weighted by atomic mass is 10.1. The fraction of sp³-hybridized carbons (Fsp3) is 0.300. The molecular formula is C100H107Cl5N12O10S6. The minimum Gasteiger partial charge on any atom is -0.468 e. The van der Waals surface area contributed by atoms with Crippen LogP contribution in [0.4, 0.5) is 0 Å². The molecule has 15 aromatic rings. The third-order valence-corrected chi connectivity index (χ3v) is 28.9. The molecule has 0 spiro atoms. The van der Waals surface area contributed by atoms with Crippen molar-refractivity contribution >= 4 is 156 Å². The zero-order chi connectivity index (χ0) is 95.9. The molecule has 0 amide bonds. The number of hydrogen-bond acceptors (Lipinski definition) is 23. The number of esters is 5. The number of aromatic nitrogens is 10. The number of aryl methyl sites for hydroxylation is 10. The molecule has 0 aliphatic heterocycles. The first-order valence-electron chi connectivity index (χ1n) is 42.8. The number of hydrogen-bond donors (Lipinski definition) is 0. The van der Waals surface area contributed by atoms with Crippen molar-refractivity contribution in [3.8, 4) is 105 Å². The number of thioether (sulfide) groups is 1. The third kappa shape index (κ3) is 28.0. The number of methoxy groups -OCH3 is 1. The molecule has 0 N–H and O–H groups in total. The van der Waals surface area contributed by atoms with Crippen LogP contribution in [0.2, 0.25) is 25.1 Å². The van der Waals surface area contributed by atoms with Crippen molar-refractivity contribution in [3.63, 3.8) is 0 Å². The summed E-state index contributed by atoms with van der Waals surface area (Å²) in [5, 5.41) is 24.9. The zero-order valence-corrected chi connectivity index (χ0v) is 86.0. The fourth-order valence-corrected chi connectivity index (χ4v) is 21.0. The lowest BCUT2D eigenvalue weighted by molar-refractivity contribution is -0.145. The normalized spacial score (nSPS) is 11.0. The Morgan fingerprint density at radius 2 is 0.564 bits per heavy atom. The summed E-state index contributed by atoms with van der Waals surface area (Å²) >= 11 is 42.1. The number of rotatable bonds is 31. The second-order valence-electron chi connectivity index (χ2n) is 31.3. The van der Waals surface area contributed by atoms with Crippen LogP contribution in [0.5, 0.6) is 0 Å². The first-order chi connectivity index (χ1) is 63.7. The van der Waals surface area contributed by atoms with Gasteiger partial charge in [0.05, 0.1) is 120 Å². The number of carbonyl (C=O) groups is 5. The summed E-state index contributed by atoms with van der Waals surface area (Å²) in [6, 6.07) is 62.3. The smallest absolute Gasteiger partial charge is 0.328 e. The Morgan fingerprint density at radius 1 is 0.331 bits per heavy atom. The van der Waals surface area contributed by atoms with Crippen LogP contribution in [0, 0.1) is 69.2 Å². The van der Waals surface area contributed by atoms with Crippen LogP contribution in [0.1, 0.15) is 77.1 Å². The molecule has 0 saturated heterocycles. The average Bonchev–Trinajstić information content (AvgIpc) is 1.66. The highest BCUT2D eigenvalue weighted by Crippen LogP contribution is 2.45. The number of halogens is 5. The number of likely N-dealkylation sites (N-methyl/N-ethyl adjacent to an activating group) is 2. The van der Waals surface area contributed by atoms with E-state index in [1.165, 1.54) is 68.9 Å². The van der Waals surface area contributed by atoms with Gasteiger partial charge in [-0.25, -0.2) is 0 Å². The molecule has 0 saturated carbocycles. The summed E-state index contributed by atoms with van der Waals surface area (Å²) in [4.78, 5) is 74.9. The SMILES string of the molecule is CCN(CC)CCOC(=O)Cn1nc(C)c(Cl)c1-c1ccc(-c2cccc(C)c2)s1.CCOC(=O)Cn1nc(C)c(Cl)c1-c1ccc(-c2cccc(C)c2)s1.COC(=O)Cn1nc(C)c(Cl)c1-c1ccc(-c2cccc(C)c2)s1.CSCOC(=O)Cn1nc(C)c(Cl)c1-c1ccc(-c2cccc(C)c2)s1.Cc1cccc(-c2ccc(-c3c(Cl)c(C)nn3CC(=O)OCCN(C)C)s2)c1. The Labute approximate surface area is 826 Å². The van der Waals surface area contributed by atoms with Crippen LogP contribution in [-0.4, -0.2) is 168 Å². The molecular weight excluding hydrogens is 1900 g/mol. The Morgan fingerprint density at radius 3 is 0.789 bits per heavy atom. The first kappa shape index (κ1) is 103. The Kier molecular flexibility index (Phi) is 38.2. The first-order valence-corrected chi connectivity index (χ1v) is 50.2. The van der Waals surface area contributed by atoms with Gasteiger partial charge in [0.25, 0.3) is 0 Å². The maximum absolute atomic E-state index is 12.4. The molecule has 10 aromatic heterocycles. The molecule has 0 unspecified atom stereocenters. The van der Waals surface area contributed by atoms with E-state index in [0.29, 0.717) is 85.9 Å². The van der Waals surface area contributed by atoms with Gasteiger partial charge in [0.1, 0.15) is 51.9 Å². The highest BCUT2D eigenvalue weighted by atomic mass is 35.5. The van der Waals surface area contributed by atoms with Gasteiger partial charge in [-0.2, -0.15) is 25.5 Å².